The van der Waals surface area contributed by atoms with Crippen LogP contribution in [0, 0.1) is 0 Å². The van der Waals surface area contributed by atoms with Crippen molar-refractivity contribution in [1.82, 2.24) is 5.32 Å². The zero-order chi connectivity index (χ0) is 17.6. The van der Waals surface area contributed by atoms with E-state index >= 15 is 0 Å². The summed E-state index contributed by atoms with van der Waals surface area (Å²) in [5.41, 5.74) is 1.42. The summed E-state index contributed by atoms with van der Waals surface area (Å²) >= 11 is 0. The number of alkyl halides is 3. The van der Waals surface area contributed by atoms with E-state index in [1.165, 1.54) is 0 Å². The van der Waals surface area contributed by atoms with Crippen LogP contribution in [0.2, 0.25) is 0 Å². The van der Waals surface area contributed by atoms with Gasteiger partial charge in [0.1, 0.15) is 0 Å². The predicted octanol–water partition coefficient (Wildman–Crippen LogP) is 2.89. The van der Waals surface area contributed by atoms with Gasteiger partial charge in [-0.2, -0.15) is 13.2 Å². The van der Waals surface area contributed by atoms with Gasteiger partial charge in [0.05, 0.1) is 0 Å². The standard InChI is InChI=1S/C15H18F3NO4/c1-9(2)12-5-4-11(13(8-12)23-22-10(3)20)6-7-19-14(21)15(16,17)18/h4-5,8-9H,6-7H2,1-3H3,(H,19,21). The van der Waals surface area contributed by atoms with Crippen molar-refractivity contribution in [3.05, 3.63) is 29.3 Å². The van der Waals surface area contributed by atoms with Crippen molar-refractivity contribution in [3.8, 4) is 5.75 Å². The molecule has 8 heteroatoms. The molecule has 0 aliphatic rings. The normalized spacial score (nSPS) is 11.3. The summed E-state index contributed by atoms with van der Waals surface area (Å²) in [6, 6.07) is 5.11. The molecule has 128 valence electrons. The second kappa shape index (κ2) is 7.85. The van der Waals surface area contributed by atoms with Crippen LogP contribution in [-0.2, 0) is 20.9 Å². The minimum absolute atomic E-state index is 0.0940. The number of carbonyl (C=O) groups is 2. The molecule has 23 heavy (non-hydrogen) atoms. The van der Waals surface area contributed by atoms with Gasteiger partial charge >= 0.3 is 18.1 Å². The van der Waals surface area contributed by atoms with Crippen LogP contribution >= 0.6 is 0 Å². The molecule has 1 aromatic rings. The third-order valence-electron chi connectivity index (χ3n) is 2.94. The number of hydrogen-bond donors (Lipinski definition) is 1. The summed E-state index contributed by atoms with van der Waals surface area (Å²) < 4.78 is 36.3. The van der Waals surface area contributed by atoms with Gasteiger partial charge in [0.15, 0.2) is 5.75 Å². The summed E-state index contributed by atoms with van der Waals surface area (Å²) in [6.07, 6.45) is -4.82. The number of benzene rings is 1. The molecule has 0 spiro atoms. The van der Waals surface area contributed by atoms with Gasteiger partial charge < -0.3 is 5.32 Å². The Morgan fingerprint density at radius 1 is 1.26 bits per heavy atom. The second-order valence-electron chi connectivity index (χ2n) is 5.18. The van der Waals surface area contributed by atoms with Gasteiger partial charge in [0.2, 0.25) is 0 Å². The molecule has 0 atom stereocenters. The van der Waals surface area contributed by atoms with Gasteiger partial charge in [0.25, 0.3) is 0 Å². The molecule has 0 heterocycles. The minimum atomic E-state index is -4.92. The molecule has 1 aromatic carbocycles. The number of rotatable bonds is 6. The predicted molar refractivity (Wildman–Crippen MR) is 75.7 cm³/mol. The lowest BCUT2D eigenvalue weighted by atomic mass is 10.00. The van der Waals surface area contributed by atoms with E-state index in [-0.39, 0.29) is 24.6 Å². The van der Waals surface area contributed by atoms with E-state index in [0.717, 1.165) is 12.5 Å². The van der Waals surface area contributed by atoms with Crippen molar-refractivity contribution < 1.29 is 32.5 Å². The van der Waals surface area contributed by atoms with Crippen LogP contribution in [0.4, 0.5) is 13.2 Å². The first-order chi connectivity index (χ1) is 10.6. The molecule has 0 unspecified atom stereocenters. The summed E-state index contributed by atoms with van der Waals surface area (Å²) in [7, 11) is 0. The average Bonchev–Trinajstić information content (AvgIpc) is 2.44. The minimum Gasteiger partial charge on any atom is -0.348 e. The molecule has 5 nitrogen and oxygen atoms in total. The van der Waals surface area contributed by atoms with Gasteiger partial charge in [-0.25, -0.2) is 4.79 Å². The highest BCUT2D eigenvalue weighted by atomic mass is 19.4. The lowest BCUT2D eigenvalue weighted by molar-refractivity contribution is -0.211. The molecule has 0 aromatic heterocycles. The van der Waals surface area contributed by atoms with E-state index in [9.17, 15) is 22.8 Å². The van der Waals surface area contributed by atoms with Gasteiger partial charge in [-0.3, -0.25) is 14.6 Å². The van der Waals surface area contributed by atoms with Crippen molar-refractivity contribution in [1.29, 1.82) is 0 Å². The molecule has 0 fully saturated rings. The summed E-state index contributed by atoms with van der Waals surface area (Å²) in [4.78, 5) is 31.0. The molecule has 1 amide bonds. The van der Waals surface area contributed by atoms with Gasteiger partial charge in [-0.15, -0.1) is 0 Å². The average molecular weight is 333 g/mol. The fraction of sp³-hybridized carbons (Fsp3) is 0.467. The number of carbonyl (C=O) groups excluding carboxylic acids is 2. The zero-order valence-corrected chi connectivity index (χ0v) is 13.0. The lowest BCUT2D eigenvalue weighted by Gasteiger charge is -2.13. The monoisotopic (exact) mass is 333 g/mol. The maximum Gasteiger partial charge on any atom is 0.471 e. The number of halogens is 3. The molecule has 0 radical (unpaired) electrons. The molecular formula is C15H18F3NO4. The van der Waals surface area contributed by atoms with Crippen LogP contribution in [-0.4, -0.2) is 24.6 Å². The van der Waals surface area contributed by atoms with Crippen LogP contribution in [0.5, 0.6) is 5.75 Å². The van der Waals surface area contributed by atoms with Crippen LogP contribution in [0.15, 0.2) is 18.2 Å². The van der Waals surface area contributed by atoms with Gasteiger partial charge in [-0.1, -0.05) is 26.0 Å². The maximum absolute atomic E-state index is 12.1. The van der Waals surface area contributed by atoms with Crippen LogP contribution in [0.25, 0.3) is 0 Å². The van der Waals surface area contributed by atoms with Crippen molar-refractivity contribution in [2.75, 3.05) is 6.54 Å². The Kier molecular flexibility index (Phi) is 6.41. The zero-order valence-electron chi connectivity index (χ0n) is 13.0. The SMILES string of the molecule is CC(=O)OOc1cc(C(C)C)ccc1CCNC(=O)C(F)(F)F. The summed E-state index contributed by atoms with van der Waals surface area (Å²) in [5, 5.41) is 1.77. The molecule has 0 saturated carbocycles. The lowest BCUT2D eigenvalue weighted by Crippen LogP contribution is -2.37. The Morgan fingerprint density at radius 3 is 2.43 bits per heavy atom. The summed E-state index contributed by atoms with van der Waals surface area (Å²) in [6.45, 7) is 4.84. The fourth-order valence-corrected chi connectivity index (χ4v) is 1.73. The van der Waals surface area contributed by atoms with Crippen molar-refractivity contribution >= 4 is 11.9 Å². The van der Waals surface area contributed by atoms with Gasteiger partial charge in [-0.05, 0) is 24.0 Å². The largest absolute Gasteiger partial charge is 0.471 e. The highest BCUT2D eigenvalue weighted by Gasteiger charge is 2.38. The first-order valence-electron chi connectivity index (χ1n) is 6.94. The highest BCUT2D eigenvalue weighted by Crippen LogP contribution is 2.25. The van der Waals surface area contributed by atoms with Crippen molar-refractivity contribution in [3.63, 3.8) is 0 Å². The Balaban J connectivity index is 2.79. The maximum atomic E-state index is 12.1. The number of amides is 1. The molecule has 1 rings (SSSR count). The molecule has 0 aliphatic heterocycles. The van der Waals surface area contributed by atoms with Crippen LogP contribution < -0.4 is 10.2 Å². The number of hydrogen-bond acceptors (Lipinski definition) is 4. The van der Waals surface area contributed by atoms with Crippen molar-refractivity contribution in [2.45, 2.75) is 39.3 Å². The molecular weight excluding hydrogens is 315 g/mol. The topological polar surface area (TPSA) is 64.6 Å². The second-order valence-corrected chi connectivity index (χ2v) is 5.18. The Morgan fingerprint density at radius 2 is 1.91 bits per heavy atom. The summed E-state index contributed by atoms with van der Waals surface area (Å²) in [5.74, 6) is -2.24. The highest BCUT2D eigenvalue weighted by molar-refractivity contribution is 5.81. The molecule has 1 N–H and O–H groups in total. The smallest absolute Gasteiger partial charge is 0.348 e. The van der Waals surface area contributed by atoms with E-state index in [1.807, 2.05) is 13.8 Å². The quantitative estimate of drug-likeness (QED) is 0.642. The Labute approximate surface area is 131 Å². The van der Waals surface area contributed by atoms with Crippen molar-refractivity contribution in [2.24, 2.45) is 0 Å². The fourth-order valence-electron chi connectivity index (χ4n) is 1.73. The Hall–Kier alpha value is -2.25. The number of nitrogens with one attached hydrogen (secondary N) is 1. The third-order valence-corrected chi connectivity index (χ3v) is 2.94. The molecule has 0 saturated heterocycles. The van der Waals surface area contributed by atoms with E-state index in [2.05, 4.69) is 4.89 Å². The molecule has 0 bridgehead atoms. The van der Waals surface area contributed by atoms with E-state index in [0.29, 0.717) is 5.56 Å². The van der Waals surface area contributed by atoms with Gasteiger partial charge in [0, 0.05) is 19.0 Å². The van der Waals surface area contributed by atoms with Crippen LogP contribution in [0.1, 0.15) is 37.8 Å². The Bertz CT molecular complexity index is 570. The van der Waals surface area contributed by atoms with E-state index in [1.54, 1.807) is 23.5 Å². The first-order valence-corrected chi connectivity index (χ1v) is 6.94. The third kappa shape index (κ3) is 6.17. The molecule has 0 aliphatic carbocycles. The van der Waals surface area contributed by atoms with E-state index < -0.39 is 18.1 Å². The van der Waals surface area contributed by atoms with Crippen LogP contribution in [0.3, 0.4) is 0 Å². The van der Waals surface area contributed by atoms with E-state index in [4.69, 9.17) is 4.89 Å². The first kappa shape index (κ1) is 18.8.